The van der Waals surface area contributed by atoms with Gasteiger partial charge in [-0.05, 0) is 12.8 Å². The molecule has 0 aromatic carbocycles. The van der Waals surface area contributed by atoms with Gasteiger partial charge in [-0.15, -0.1) is 0 Å². The van der Waals surface area contributed by atoms with E-state index in [0.29, 0.717) is 18.1 Å². The first-order valence-corrected chi connectivity index (χ1v) is 8.05. The fourth-order valence-electron chi connectivity index (χ4n) is 2.80. The molecule has 3 aliphatic rings. The number of piperidine rings is 1. The SMILES string of the molecule is O=S1CCS(=O)C12CON1CCCC[C@@H]12. The molecule has 4 nitrogen and oxygen atoms in total. The van der Waals surface area contributed by atoms with Gasteiger partial charge in [-0.25, -0.2) is 0 Å². The van der Waals surface area contributed by atoms with E-state index in [0.717, 1.165) is 25.8 Å². The van der Waals surface area contributed by atoms with E-state index in [1.54, 1.807) is 0 Å². The zero-order chi connectivity index (χ0) is 10.5. The molecule has 0 N–H and O–H groups in total. The predicted octanol–water partition coefficient (Wildman–Crippen LogP) is -0.00660. The summed E-state index contributed by atoms with van der Waals surface area (Å²) >= 11 is 0. The molecule has 6 heteroatoms. The second-order valence-corrected chi connectivity index (χ2v) is 8.25. The first-order chi connectivity index (χ1) is 7.25. The Morgan fingerprint density at radius 2 is 1.93 bits per heavy atom. The van der Waals surface area contributed by atoms with E-state index in [-0.39, 0.29) is 6.04 Å². The molecule has 3 saturated heterocycles. The summed E-state index contributed by atoms with van der Waals surface area (Å²) in [6.07, 6.45) is 3.25. The summed E-state index contributed by atoms with van der Waals surface area (Å²) in [5.41, 5.74) is 0. The van der Waals surface area contributed by atoms with Gasteiger partial charge in [0.2, 0.25) is 0 Å². The highest BCUT2D eigenvalue weighted by Crippen LogP contribution is 2.42. The largest absolute Gasteiger partial charge is 0.296 e. The monoisotopic (exact) mass is 249 g/mol. The van der Waals surface area contributed by atoms with Crippen molar-refractivity contribution in [1.82, 2.24) is 5.06 Å². The highest BCUT2D eigenvalue weighted by molar-refractivity contribution is 8.07. The quantitative estimate of drug-likeness (QED) is 0.606. The molecule has 0 amide bonds. The number of hydrogen-bond donors (Lipinski definition) is 0. The minimum absolute atomic E-state index is 0.135. The molecule has 0 aromatic heterocycles. The normalized spacial score (nSPS) is 51.1. The van der Waals surface area contributed by atoms with Gasteiger partial charge in [-0.2, -0.15) is 5.06 Å². The van der Waals surface area contributed by atoms with E-state index in [4.69, 9.17) is 4.84 Å². The summed E-state index contributed by atoms with van der Waals surface area (Å²) in [5.74, 6) is 1.17. The van der Waals surface area contributed by atoms with Crippen molar-refractivity contribution in [2.24, 2.45) is 0 Å². The number of rotatable bonds is 0. The maximum atomic E-state index is 12.1. The van der Waals surface area contributed by atoms with Gasteiger partial charge in [-0.3, -0.25) is 13.3 Å². The molecular weight excluding hydrogens is 234 g/mol. The van der Waals surface area contributed by atoms with Gasteiger partial charge in [-0.1, -0.05) is 6.42 Å². The Balaban J connectivity index is 1.98. The van der Waals surface area contributed by atoms with Crippen LogP contribution in [-0.2, 0) is 26.4 Å². The third kappa shape index (κ3) is 1.31. The van der Waals surface area contributed by atoms with E-state index >= 15 is 0 Å². The van der Waals surface area contributed by atoms with Crippen LogP contribution in [0.3, 0.4) is 0 Å². The second-order valence-electron chi connectivity index (χ2n) is 4.34. The molecule has 0 saturated carbocycles. The van der Waals surface area contributed by atoms with Gasteiger partial charge >= 0.3 is 0 Å². The van der Waals surface area contributed by atoms with Crippen LogP contribution in [0.2, 0.25) is 0 Å². The van der Waals surface area contributed by atoms with E-state index in [9.17, 15) is 8.42 Å². The highest BCUT2D eigenvalue weighted by atomic mass is 32.3. The summed E-state index contributed by atoms with van der Waals surface area (Å²) in [7, 11) is -1.94. The standard InChI is InChI=1S/C9H15NO3S2/c11-14-5-6-15(12)9(14)7-13-10-4-2-1-3-8(9)10/h8H,1-7H2/t8-,9?,14?,15?/m1/s1. The molecule has 3 atom stereocenters. The number of nitrogens with zero attached hydrogens (tertiary/aromatic N) is 1. The van der Waals surface area contributed by atoms with Crippen LogP contribution in [-0.4, -0.2) is 48.3 Å². The van der Waals surface area contributed by atoms with Gasteiger partial charge in [0.25, 0.3) is 0 Å². The Hall–Kier alpha value is 0.220. The van der Waals surface area contributed by atoms with Crippen LogP contribution >= 0.6 is 0 Å². The lowest BCUT2D eigenvalue weighted by Crippen LogP contribution is -2.50. The van der Waals surface area contributed by atoms with E-state index in [1.807, 2.05) is 5.06 Å². The average Bonchev–Trinajstić information content (AvgIpc) is 2.77. The van der Waals surface area contributed by atoms with Crippen LogP contribution in [0.4, 0.5) is 0 Å². The Bertz CT molecular complexity index is 317. The van der Waals surface area contributed by atoms with Crippen molar-refractivity contribution < 1.29 is 13.3 Å². The lowest BCUT2D eigenvalue weighted by atomic mass is 10.0. The third-order valence-corrected chi connectivity index (χ3v) is 8.46. The van der Waals surface area contributed by atoms with Gasteiger partial charge in [0.05, 0.1) is 12.6 Å². The van der Waals surface area contributed by atoms with Gasteiger partial charge in [0.1, 0.15) is 0 Å². The molecule has 0 aliphatic carbocycles. The molecule has 15 heavy (non-hydrogen) atoms. The summed E-state index contributed by atoms with van der Waals surface area (Å²) in [4.78, 5) is 5.58. The molecular formula is C9H15NO3S2. The fourth-order valence-corrected chi connectivity index (χ4v) is 7.48. The molecule has 2 unspecified atom stereocenters. The number of fused-ring (bicyclic) bond motifs is 2. The number of hydrogen-bond acceptors (Lipinski definition) is 4. The van der Waals surface area contributed by atoms with Crippen molar-refractivity contribution in [3.63, 3.8) is 0 Å². The van der Waals surface area contributed by atoms with Crippen molar-refractivity contribution in [3.05, 3.63) is 0 Å². The molecule has 0 aromatic rings. The van der Waals surface area contributed by atoms with Crippen molar-refractivity contribution in [2.45, 2.75) is 29.4 Å². The molecule has 86 valence electrons. The van der Waals surface area contributed by atoms with E-state index < -0.39 is 25.7 Å². The fraction of sp³-hybridized carbons (Fsp3) is 1.00. The van der Waals surface area contributed by atoms with Crippen LogP contribution in [0.15, 0.2) is 0 Å². The van der Waals surface area contributed by atoms with Crippen LogP contribution < -0.4 is 0 Å². The maximum absolute atomic E-state index is 12.1. The first-order valence-electron chi connectivity index (χ1n) is 5.42. The first kappa shape index (κ1) is 10.4. The summed E-state index contributed by atoms with van der Waals surface area (Å²) in [6, 6.07) is 0.135. The molecule has 0 bridgehead atoms. The van der Waals surface area contributed by atoms with Gasteiger partial charge in [0, 0.05) is 39.6 Å². The molecule has 3 rings (SSSR count). The molecule has 1 spiro atoms. The molecule has 3 aliphatic heterocycles. The third-order valence-electron chi connectivity index (χ3n) is 3.62. The van der Waals surface area contributed by atoms with Crippen molar-refractivity contribution >= 4 is 21.6 Å². The van der Waals surface area contributed by atoms with Crippen LogP contribution in [0.1, 0.15) is 19.3 Å². The van der Waals surface area contributed by atoms with Crippen LogP contribution in [0, 0.1) is 0 Å². The van der Waals surface area contributed by atoms with Crippen LogP contribution in [0.25, 0.3) is 0 Å². The number of hydroxylamine groups is 2. The summed E-state index contributed by atoms with van der Waals surface area (Å²) in [6.45, 7) is 1.30. The lowest BCUT2D eigenvalue weighted by Gasteiger charge is -2.33. The smallest absolute Gasteiger partial charge is 0.163 e. The topological polar surface area (TPSA) is 46.6 Å². The van der Waals surface area contributed by atoms with E-state index in [2.05, 4.69) is 0 Å². The van der Waals surface area contributed by atoms with Crippen LogP contribution in [0.5, 0.6) is 0 Å². The highest BCUT2D eigenvalue weighted by Gasteiger charge is 2.60. The zero-order valence-corrected chi connectivity index (χ0v) is 10.1. The summed E-state index contributed by atoms with van der Waals surface area (Å²) < 4.78 is 23.6. The molecule has 0 radical (unpaired) electrons. The Labute approximate surface area is 94.2 Å². The van der Waals surface area contributed by atoms with Crippen molar-refractivity contribution in [3.8, 4) is 0 Å². The average molecular weight is 249 g/mol. The Morgan fingerprint density at radius 3 is 2.67 bits per heavy atom. The van der Waals surface area contributed by atoms with Gasteiger partial charge in [0.15, 0.2) is 4.08 Å². The Morgan fingerprint density at radius 1 is 1.20 bits per heavy atom. The van der Waals surface area contributed by atoms with Crippen molar-refractivity contribution in [2.75, 3.05) is 24.7 Å². The predicted molar refractivity (Wildman–Crippen MR) is 59.0 cm³/mol. The molecule has 3 fully saturated rings. The zero-order valence-electron chi connectivity index (χ0n) is 8.52. The summed E-state index contributed by atoms with van der Waals surface area (Å²) in [5, 5.41) is 1.94. The van der Waals surface area contributed by atoms with Crippen molar-refractivity contribution in [1.29, 1.82) is 0 Å². The minimum Gasteiger partial charge on any atom is -0.296 e. The minimum atomic E-state index is -0.972. The van der Waals surface area contributed by atoms with E-state index in [1.165, 1.54) is 0 Å². The van der Waals surface area contributed by atoms with Gasteiger partial charge < -0.3 is 0 Å². The maximum Gasteiger partial charge on any atom is 0.163 e. The lowest BCUT2D eigenvalue weighted by molar-refractivity contribution is -0.142. The second kappa shape index (κ2) is 3.61. The Kier molecular flexibility index (Phi) is 2.50. The molecule has 3 heterocycles.